The van der Waals surface area contributed by atoms with Crippen molar-refractivity contribution in [2.24, 2.45) is 0 Å². The molecule has 2 heterocycles. The van der Waals surface area contributed by atoms with Crippen molar-refractivity contribution < 1.29 is 9.47 Å². The molecule has 3 rings (SSSR count). The molecule has 2 aliphatic rings. The molecule has 0 fully saturated rings. The summed E-state index contributed by atoms with van der Waals surface area (Å²) in [5, 5.41) is 0. The van der Waals surface area contributed by atoms with Crippen molar-refractivity contribution in [2.45, 2.75) is 19.3 Å². The largest absolute Gasteiger partial charge is 0.465 e. The lowest BCUT2D eigenvalue weighted by Crippen LogP contribution is -2.01. The predicted octanol–water partition coefficient (Wildman–Crippen LogP) is 3.93. The number of aromatic nitrogens is 2. The molecule has 0 amide bonds. The van der Waals surface area contributed by atoms with E-state index in [4.69, 9.17) is 21.7 Å². The quantitative estimate of drug-likeness (QED) is 0.821. The molecule has 19 heavy (non-hydrogen) atoms. The Morgan fingerprint density at radius 1 is 1.32 bits per heavy atom. The van der Waals surface area contributed by atoms with E-state index in [1.807, 2.05) is 0 Å². The van der Waals surface area contributed by atoms with Crippen LogP contribution in [0.1, 0.15) is 25.0 Å². The highest BCUT2D eigenvalue weighted by Gasteiger charge is 2.15. The smallest absolute Gasteiger partial charge is 0.187 e. The summed E-state index contributed by atoms with van der Waals surface area (Å²) >= 11 is 5.00. The monoisotopic (exact) mass is 274 g/mol. The number of allylic oxidation sites excluding steroid dienone is 4. The van der Waals surface area contributed by atoms with Gasteiger partial charge in [-0.2, -0.15) is 0 Å². The van der Waals surface area contributed by atoms with E-state index in [1.165, 1.54) is 5.57 Å². The summed E-state index contributed by atoms with van der Waals surface area (Å²) in [5.74, 6) is 1.44. The fourth-order valence-corrected chi connectivity index (χ4v) is 2.21. The normalized spacial score (nSPS) is 18.0. The number of aromatic amines is 2. The van der Waals surface area contributed by atoms with Crippen LogP contribution in [0, 0.1) is 4.77 Å². The second kappa shape index (κ2) is 5.32. The molecule has 0 saturated heterocycles. The number of nitrogens with one attached hydrogen (secondary N) is 2. The van der Waals surface area contributed by atoms with Crippen LogP contribution in [0.4, 0.5) is 0 Å². The first-order chi connectivity index (χ1) is 9.31. The number of hydrogen-bond acceptors (Lipinski definition) is 3. The van der Waals surface area contributed by atoms with Crippen molar-refractivity contribution in [3.05, 3.63) is 58.7 Å². The van der Waals surface area contributed by atoms with Crippen LogP contribution >= 0.6 is 12.2 Å². The Balaban J connectivity index is 1.69. The van der Waals surface area contributed by atoms with Crippen molar-refractivity contribution in [1.82, 2.24) is 9.97 Å². The van der Waals surface area contributed by atoms with Gasteiger partial charge in [0.2, 0.25) is 0 Å². The van der Waals surface area contributed by atoms with Crippen LogP contribution in [0.3, 0.4) is 0 Å². The Morgan fingerprint density at radius 2 is 2.26 bits per heavy atom. The molecule has 0 saturated carbocycles. The minimum absolute atomic E-state index is 0.565. The van der Waals surface area contributed by atoms with E-state index in [2.05, 4.69) is 28.2 Å². The first-order valence-corrected chi connectivity index (χ1v) is 6.57. The molecule has 1 aromatic rings. The van der Waals surface area contributed by atoms with E-state index in [0.29, 0.717) is 10.5 Å². The second-order valence-corrected chi connectivity index (χ2v) is 4.84. The zero-order valence-electron chi connectivity index (χ0n) is 10.3. The van der Waals surface area contributed by atoms with Gasteiger partial charge < -0.3 is 19.4 Å². The van der Waals surface area contributed by atoms with Gasteiger partial charge in [-0.25, -0.2) is 0 Å². The topological polar surface area (TPSA) is 50.0 Å². The molecule has 0 radical (unpaired) electrons. The first kappa shape index (κ1) is 12.0. The van der Waals surface area contributed by atoms with Gasteiger partial charge in [0, 0.05) is 12.6 Å². The third-order valence-electron chi connectivity index (χ3n) is 2.98. The summed E-state index contributed by atoms with van der Waals surface area (Å²) in [7, 11) is 0. The van der Waals surface area contributed by atoms with E-state index in [1.54, 1.807) is 18.7 Å². The predicted molar refractivity (Wildman–Crippen MR) is 75.3 cm³/mol. The maximum atomic E-state index is 5.82. The Labute approximate surface area is 116 Å². The number of rotatable bonds is 3. The lowest BCUT2D eigenvalue weighted by Gasteiger charge is -2.17. The molecule has 98 valence electrons. The highest BCUT2D eigenvalue weighted by atomic mass is 32.1. The van der Waals surface area contributed by atoms with Gasteiger partial charge >= 0.3 is 0 Å². The van der Waals surface area contributed by atoms with Gasteiger partial charge in [-0.05, 0) is 25.1 Å². The van der Waals surface area contributed by atoms with Crippen LogP contribution in [-0.2, 0) is 9.47 Å². The van der Waals surface area contributed by atoms with Gasteiger partial charge in [-0.15, -0.1) is 0 Å². The minimum atomic E-state index is 0.565. The van der Waals surface area contributed by atoms with Crippen molar-refractivity contribution in [1.29, 1.82) is 0 Å². The minimum Gasteiger partial charge on any atom is -0.465 e. The summed E-state index contributed by atoms with van der Waals surface area (Å²) in [6, 6.07) is 0. The average molecular weight is 274 g/mol. The van der Waals surface area contributed by atoms with Gasteiger partial charge in [-0.3, -0.25) is 0 Å². The number of H-pyrrole nitrogens is 2. The lowest BCUT2D eigenvalue weighted by molar-refractivity contribution is 0.272. The maximum Gasteiger partial charge on any atom is 0.187 e. The summed E-state index contributed by atoms with van der Waals surface area (Å²) < 4.78 is 11.7. The number of hydrogen-bond donors (Lipinski definition) is 2. The van der Waals surface area contributed by atoms with Crippen molar-refractivity contribution in [3.63, 3.8) is 0 Å². The zero-order chi connectivity index (χ0) is 13.1. The molecule has 1 aliphatic heterocycles. The van der Waals surface area contributed by atoms with Crippen LogP contribution in [-0.4, -0.2) is 9.97 Å². The molecule has 4 nitrogen and oxygen atoms in total. The third-order valence-corrected chi connectivity index (χ3v) is 3.20. The summed E-state index contributed by atoms with van der Waals surface area (Å²) in [5.41, 5.74) is 2.13. The fourth-order valence-electron chi connectivity index (χ4n) is 2.05. The molecular weight excluding hydrogens is 260 g/mol. The molecule has 0 atom stereocenters. The van der Waals surface area contributed by atoms with Crippen LogP contribution in [0.25, 0.3) is 5.76 Å². The lowest BCUT2D eigenvalue weighted by atomic mass is 10.0. The molecule has 0 unspecified atom stereocenters. The van der Waals surface area contributed by atoms with E-state index in [9.17, 15) is 0 Å². The van der Waals surface area contributed by atoms with Gasteiger partial charge in [-0.1, -0.05) is 23.8 Å². The molecule has 1 aliphatic carbocycles. The molecule has 0 spiro atoms. The average Bonchev–Trinajstić information content (AvgIpc) is 2.87. The Morgan fingerprint density at radius 3 is 3.00 bits per heavy atom. The fraction of sp³-hybridized carbons (Fsp3) is 0.214. The molecule has 0 bridgehead atoms. The molecule has 5 heteroatoms. The molecular formula is C14H14N2O2S. The van der Waals surface area contributed by atoms with Crippen molar-refractivity contribution in [2.75, 3.05) is 0 Å². The molecule has 0 aromatic carbocycles. The van der Waals surface area contributed by atoms with Crippen molar-refractivity contribution in [3.8, 4) is 0 Å². The van der Waals surface area contributed by atoms with E-state index < -0.39 is 0 Å². The van der Waals surface area contributed by atoms with Crippen LogP contribution in [0.5, 0.6) is 0 Å². The van der Waals surface area contributed by atoms with Gasteiger partial charge in [0.15, 0.2) is 10.5 Å². The standard InChI is InChI=1S/C14H14N2O2S/c19-14-15-7-12(16-14)13-9-17-8-11(18-13)6-10-4-2-1-3-5-10/h1-2,4,7-9H,3,5-6H2,(H2,15,16,19). The van der Waals surface area contributed by atoms with E-state index >= 15 is 0 Å². The zero-order valence-corrected chi connectivity index (χ0v) is 11.1. The van der Waals surface area contributed by atoms with Crippen molar-refractivity contribution >= 4 is 18.0 Å². The number of ether oxygens (including phenoxy) is 2. The molecule has 2 N–H and O–H groups in total. The van der Waals surface area contributed by atoms with Crippen LogP contribution < -0.4 is 0 Å². The van der Waals surface area contributed by atoms with Gasteiger partial charge in [0.1, 0.15) is 24.0 Å². The Hall–Kier alpha value is -2.01. The second-order valence-electron chi connectivity index (χ2n) is 4.43. The maximum absolute atomic E-state index is 5.82. The van der Waals surface area contributed by atoms with E-state index in [-0.39, 0.29) is 0 Å². The summed E-state index contributed by atoms with van der Waals surface area (Å²) in [4.78, 5) is 5.91. The van der Waals surface area contributed by atoms with Crippen LogP contribution in [0.15, 0.2) is 48.3 Å². The highest BCUT2D eigenvalue weighted by Crippen LogP contribution is 2.27. The third kappa shape index (κ3) is 2.88. The van der Waals surface area contributed by atoms with Gasteiger partial charge in [0.25, 0.3) is 0 Å². The molecule has 1 aromatic heterocycles. The first-order valence-electron chi connectivity index (χ1n) is 6.16. The Bertz CT molecular complexity index is 646. The number of imidazole rings is 1. The SMILES string of the molecule is S=c1[nH]cc(C2=COC=C(CC3=CC=CCC3)O2)[nH]1. The van der Waals surface area contributed by atoms with E-state index in [0.717, 1.165) is 30.7 Å². The van der Waals surface area contributed by atoms with Crippen LogP contribution in [0.2, 0.25) is 0 Å². The summed E-state index contributed by atoms with van der Waals surface area (Å²) in [6.07, 6.45) is 14.3. The highest BCUT2D eigenvalue weighted by molar-refractivity contribution is 7.71. The van der Waals surface area contributed by atoms with Gasteiger partial charge in [0.05, 0.1) is 0 Å². The Kier molecular flexibility index (Phi) is 3.37. The summed E-state index contributed by atoms with van der Waals surface area (Å²) in [6.45, 7) is 0.